The van der Waals surface area contributed by atoms with E-state index in [0.29, 0.717) is 31.3 Å². The van der Waals surface area contributed by atoms with Crippen LogP contribution in [0.3, 0.4) is 0 Å². The highest BCUT2D eigenvalue weighted by Gasteiger charge is 2.21. The van der Waals surface area contributed by atoms with Crippen LogP contribution in [0, 0.1) is 0 Å². The zero-order chi connectivity index (χ0) is 25.8. The SMILES string of the molecule is CCNC(=O)CCC(C)SSCCNC(=O)CCC(=O)N1Cc2ccccc2C=Cc2ccccc21. The van der Waals surface area contributed by atoms with Crippen molar-refractivity contribution in [1.29, 1.82) is 0 Å². The van der Waals surface area contributed by atoms with Gasteiger partial charge >= 0.3 is 0 Å². The van der Waals surface area contributed by atoms with E-state index in [0.717, 1.165) is 34.6 Å². The van der Waals surface area contributed by atoms with Gasteiger partial charge in [0.15, 0.2) is 0 Å². The van der Waals surface area contributed by atoms with Gasteiger partial charge in [-0.3, -0.25) is 14.4 Å². The maximum absolute atomic E-state index is 13.2. The van der Waals surface area contributed by atoms with Gasteiger partial charge in [-0.15, -0.1) is 0 Å². The summed E-state index contributed by atoms with van der Waals surface area (Å²) in [5, 5.41) is 6.10. The molecule has 0 spiro atoms. The summed E-state index contributed by atoms with van der Waals surface area (Å²) < 4.78 is 0. The maximum atomic E-state index is 13.2. The molecule has 2 N–H and O–H groups in total. The first kappa shape index (κ1) is 27.9. The average molecular weight is 526 g/mol. The number of fused-ring (bicyclic) bond motifs is 2. The second-order valence-electron chi connectivity index (χ2n) is 8.64. The second kappa shape index (κ2) is 14.8. The maximum Gasteiger partial charge on any atom is 0.227 e. The molecule has 3 amide bonds. The molecule has 2 aromatic rings. The molecule has 8 heteroatoms. The molecule has 2 aromatic carbocycles. The van der Waals surface area contributed by atoms with Gasteiger partial charge in [-0.25, -0.2) is 0 Å². The highest BCUT2D eigenvalue weighted by atomic mass is 33.1. The summed E-state index contributed by atoms with van der Waals surface area (Å²) in [6.07, 6.45) is 5.82. The standard InChI is InChI=1S/C28H35N3O3S2/c1-3-29-26(32)15-12-21(2)36-35-19-18-30-27(33)16-17-28(34)31-20-24-10-5-4-8-22(24)13-14-23-9-6-7-11-25(23)31/h4-11,13-14,21H,3,12,15-20H2,1-2H3,(H,29,32)(H,30,33). The van der Waals surface area contributed by atoms with E-state index in [4.69, 9.17) is 0 Å². The normalized spacial score (nSPS) is 13.1. The van der Waals surface area contributed by atoms with Crippen molar-refractivity contribution >= 4 is 57.1 Å². The largest absolute Gasteiger partial charge is 0.356 e. The zero-order valence-corrected chi connectivity index (χ0v) is 22.6. The van der Waals surface area contributed by atoms with Gasteiger partial charge in [0.2, 0.25) is 17.7 Å². The number of carbonyl (C=O) groups is 3. The van der Waals surface area contributed by atoms with Crippen LogP contribution in [0.5, 0.6) is 0 Å². The molecule has 0 saturated carbocycles. The van der Waals surface area contributed by atoms with Crippen LogP contribution in [0.15, 0.2) is 48.5 Å². The van der Waals surface area contributed by atoms with Crippen molar-refractivity contribution < 1.29 is 14.4 Å². The third-order valence-corrected chi connectivity index (χ3v) is 8.78. The van der Waals surface area contributed by atoms with Gasteiger partial charge < -0.3 is 15.5 Å². The van der Waals surface area contributed by atoms with Crippen molar-refractivity contribution in [2.75, 3.05) is 23.7 Å². The fourth-order valence-corrected chi connectivity index (χ4v) is 6.13. The van der Waals surface area contributed by atoms with E-state index in [9.17, 15) is 14.4 Å². The molecule has 0 fully saturated rings. The van der Waals surface area contributed by atoms with E-state index < -0.39 is 0 Å². The summed E-state index contributed by atoms with van der Waals surface area (Å²) in [6, 6.07) is 15.9. The van der Waals surface area contributed by atoms with E-state index in [2.05, 4.69) is 29.7 Å². The number of para-hydroxylation sites is 1. The van der Waals surface area contributed by atoms with Crippen molar-refractivity contribution in [3.8, 4) is 0 Å². The van der Waals surface area contributed by atoms with Crippen molar-refractivity contribution in [3.63, 3.8) is 0 Å². The minimum atomic E-state index is -0.112. The van der Waals surface area contributed by atoms with Gasteiger partial charge in [0, 0.05) is 43.4 Å². The minimum absolute atomic E-state index is 0.0615. The Labute approximate surface area is 222 Å². The van der Waals surface area contributed by atoms with E-state index in [-0.39, 0.29) is 30.6 Å². The number of carbonyl (C=O) groups excluding carboxylic acids is 3. The van der Waals surface area contributed by atoms with Crippen molar-refractivity contribution in [2.24, 2.45) is 0 Å². The number of hydrogen-bond acceptors (Lipinski definition) is 5. The predicted octanol–water partition coefficient (Wildman–Crippen LogP) is 5.29. The molecular formula is C28H35N3O3S2. The molecule has 0 saturated heterocycles. The molecule has 0 bridgehead atoms. The molecule has 1 aliphatic rings. The minimum Gasteiger partial charge on any atom is -0.356 e. The lowest BCUT2D eigenvalue weighted by Gasteiger charge is -2.27. The number of anilines is 1. The number of nitrogens with one attached hydrogen (secondary N) is 2. The first-order valence-electron chi connectivity index (χ1n) is 12.4. The molecule has 0 aromatic heterocycles. The fourth-order valence-electron chi connectivity index (χ4n) is 3.88. The summed E-state index contributed by atoms with van der Waals surface area (Å²) in [5.41, 5.74) is 4.02. The summed E-state index contributed by atoms with van der Waals surface area (Å²) in [6.45, 7) is 5.72. The van der Waals surface area contributed by atoms with E-state index in [1.165, 1.54) is 0 Å². The molecule has 1 atom stereocenters. The number of hydrogen-bond donors (Lipinski definition) is 2. The van der Waals surface area contributed by atoms with E-state index in [1.54, 1.807) is 26.5 Å². The van der Waals surface area contributed by atoms with E-state index in [1.807, 2.05) is 55.5 Å². The van der Waals surface area contributed by atoms with Crippen LogP contribution in [0.25, 0.3) is 12.2 Å². The first-order valence-corrected chi connectivity index (χ1v) is 14.8. The van der Waals surface area contributed by atoms with Gasteiger partial charge in [-0.05, 0) is 36.1 Å². The Hall–Kier alpha value is -2.71. The van der Waals surface area contributed by atoms with Gasteiger partial charge in [0.25, 0.3) is 0 Å². The van der Waals surface area contributed by atoms with Crippen LogP contribution in [0.1, 0.15) is 56.2 Å². The molecular weight excluding hydrogens is 490 g/mol. The van der Waals surface area contributed by atoms with Crippen LogP contribution in [0.4, 0.5) is 5.69 Å². The highest BCUT2D eigenvalue weighted by molar-refractivity contribution is 8.76. The lowest BCUT2D eigenvalue weighted by molar-refractivity contribution is -0.125. The Morgan fingerprint density at radius 2 is 1.61 bits per heavy atom. The van der Waals surface area contributed by atoms with Gasteiger partial charge in [0.05, 0.1) is 12.2 Å². The molecule has 36 heavy (non-hydrogen) atoms. The van der Waals surface area contributed by atoms with Crippen LogP contribution in [-0.4, -0.2) is 41.8 Å². The van der Waals surface area contributed by atoms with Crippen molar-refractivity contribution in [2.45, 2.75) is 51.3 Å². The molecule has 1 heterocycles. The molecule has 0 radical (unpaired) electrons. The molecule has 1 unspecified atom stereocenters. The van der Waals surface area contributed by atoms with Crippen LogP contribution in [-0.2, 0) is 20.9 Å². The summed E-state index contributed by atoms with van der Waals surface area (Å²) >= 11 is 0. The Kier molecular flexibility index (Phi) is 11.4. The summed E-state index contributed by atoms with van der Waals surface area (Å²) in [4.78, 5) is 39.0. The van der Waals surface area contributed by atoms with Gasteiger partial charge in [-0.2, -0.15) is 0 Å². The number of benzene rings is 2. The first-order chi connectivity index (χ1) is 17.5. The van der Waals surface area contributed by atoms with E-state index >= 15 is 0 Å². The molecule has 192 valence electrons. The summed E-state index contributed by atoms with van der Waals surface area (Å²) in [5.74, 6) is 0.697. The molecule has 3 rings (SSSR count). The molecule has 0 aliphatic carbocycles. The Morgan fingerprint density at radius 1 is 0.917 bits per heavy atom. The van der Waals surface area contributed by atoms with Crippen molar-refractivity contribution in [1.82, 2.24) is 10.6 Å². The van der Waals surface area contributed by atoms with Gasteiger partial charge in [-0.1, -0.05) is 83.1 Å². The quantitative estimate of drug-likeness (QED) is 0.291. The Morgan fingerprint density at radius 3 is 2.42 bits per heavy atom. The Bertz CT molecular complexity index is 1070. The number of rotatable bonds is 12. The molecule has 6 nitrogen and oxygen atoms in total. The predicted molar refractivity (Wildman–Crippen MR) is 153 cm³/mol. The number of nitrogens with zero attached hydrogens (tertiary/aromatic N) is 1. The monoisotopic (exact) mass is 525 g/mol. The smallest absolute Gasteiger partial charge is 0.227 e. The topological polar surface area (TPSA) is 78.5 Å². The average Bonchev–Trinajstić information content (AvgIpc) is 2.87. The van der Waals surface area contributed by atoms with Crippen LogP contribution in [0.2, 0.25) is 0 Å². The second-order valence-corrected chi connectivity index (χ2v) is 11.6. The third-order valence-electron chi connectivity index (χ3n) is 5.81. The van der Waals surface area contributed by atoms with Crippen molar-refractivity contribution in [3.05, 3.63) is 65.2 Å². The van der Waals surface area contributed by atoms with Crippen LogP contribution >= 0.6 is 21.6 Å². The Balaban J connectivity index is 1.43. The molecule has 1 aliphatic heterocycles. The highest BCUT2D eigenvalue weighted by Crippen LogP contribution is 2.30. The lowest BCUT2D eigenvalue weighted by Crippen LogP contribution is -2.33. The lowest BCUT2D eigenvalue weighted by atomic mass is 10.0. The van der Waals surface area contributed by atoms with Crippen LogP contribution < -0.4 is 15.5 Å². The number of amides is 3. The zero-order valence-electron chi connectivity index (χ0n) is 21.0. The third kappa shape index (κ3) is 8.75. The fraction of sp³-hybridized carbons (Fsp3) is 0.393. The summed E-state index contributed by atoms with van der Waals surface area (Å²) in [7, 11) is 3.43. The van der Waals surface area contributed by atoms with Gasteiger partial charge in [0.1, 0.15) is 0 Å².